The molecule has 1 nitrogen and oxygen atoms in total. The maximum atomic E-state index is 2.56. The monoisotopic (exact) mass is 721 g/mol. The second kappa shape index (κ2) is 11.2. The van der Waals surface area contributed by atoms with Crippen LogP contribution in [0.1, 0.15) is 44.5 Å². The molecule has 0 amide bonds. The highest BCUT2D eigenvalue weighted by Gasteiger charge is 2.59. The molecule has 9 aromatic carbocycles. The Bertz CT molecular complexity index is 3210. The minimum absolute atomic E-state index is 0.461. The Kier molecular flexibility index (Phi) is 6.09. The van der Waals surface area contributed by atoms with Gasteiger partial charge in [-0.05, 0) is 78.9 Å². The largest absolute Gasteiger partial charge is 0.308 e. The van der Waals surface area contributed by atoms with Crippen molar-refractivity contribution in [1.82, 2.24) is 4.57 Å². The number of benzene rings is 9. The topological polar surface area (TPSA) is 4.93 Å². The molecule has 264 valence electrons. The first-order valence-corrected chi connectivity index (χ1v) is 20.0. The van der Waals surface area contributed by atoms with Crippen LogP contribution >= 0.6 is 0 Å². The van der Waals surface area contributed by atoms with Crippen molar-refractivity contribution in [2.75, 3.05) is 0 Å². The molecule has 10 aromatic rings. The molecule has 3 aliphatic carbocycles. The lowest BCUT2D eigenvalue weighted by Gasteiger charge is -2.48. The molecule has 3 aliphatic rings. The van der Waals surface area contributed by atoms with Crippen LogP contribution < -0.4 is 0 Å². The van der Waals surface area contributed by atoms with Gasteiger partial charge in [0, 0.05) is 21.9 Å². The number of hydrogen-bond donors (Lipinski definition) is 0. The SMILES string of the molecule is c1ccc(-c2ccccc2-n2c3ccccc3c3ccc4c(c32)-c2ccccc2C42c3ccccc3C3(c4ccccc4-c4ccccc43)c3ccccc32)cc1. The van der Waals surface area contributed by atoms with Gasteiger partial charge in [0.15, 0.2) is 0 Å². The number of para-hydroxylation sites is 2. The molecule has 0 N–H and O–H groups in total. The van der Waals surface area contributed by atoms with Crippen molar-refractivity contribution in [2.24, 2.45) is 0 Å². The minimum Gasteiger partial charge on any atom is -0.308 e. The summed E-state index contributed by atoms with van der Waals surface area (Å²) in [7, 11) is 0. The van der Waals surface area contributed by atoms with Crippen molar-refractivity contribution < 1.29 is 0 Å². The van der Waals surface area contributed by atoms with Crippen LogP contribution in [-0.2, 0) is 10.8 Å². The van der Waals surface area contributed by atoms with Gasteiger partial charge in [-0.15, -0.1) is 0 Å². The summed E-state index contributed by atoms with van der Waals surface area (Å²) < 4.78 is 2.56. The molecule has 57 heavy (non-hydrogen) atoms. The summed E-state index contributed by atoms with van der Waals surface area (Å²) >= 11 is 0. The molecule has 0 atom stereocenters. The van der Waals surface area contributed by atoms with E-state index in [1.54, 1.807) is 0 Å². The predicted molar refractivity (Wildman–Crippen MR) is 234 cm³/mol. The number of rotatable bonds is 2. The van der Waals surface area contributed by atoms with E-state index in [0.29, 0.717) is 0 Å². The Hall–Kier alpha value is -7.22. The Morgan fingerprint density at radius 3 is 1.33 bits per heavy atom. The molecule has 1 aromatic heterocycles. The van der Waals surface area contributed by atoms with Crippen LogP contribution in [0.25, 0.3) is 60.9 Å². The maximum Gasteiger partial charge on any atom is 0.0720 e. The zero-order valence-corrected chi connectivity index (χ0v) is 31.2. The third-order valence-corrected chi connectivity index (χ3v) is 13.5. The summed E-state index contributed by atoms with van der Waals surface area (Å²) in [5.41, 5.74) is 21.2. The molecule has 0 saturated carbocycles. The first-order chi connectivity index (χ1) is 28.3. The maximum absolute atomic E-state index is 2.56. The molecule has 0 fully saturated rings. The van der Waals surface area contributed by atoms with E-state index in [0.717, 1.165) is 0 Å². The van der Waals surface area contributed by atoms with E-state index < -0.39 is 10.8 Å². The molecule has 1 heteroatoms. The van der Waals surface area contributed by atoms with Crippen LogP contribution in [-0.4, -0.2) is 4.57 Å². The second-order valence-corrected chi connectivity index (χ2v) is 15.8. The molecule has 1 heterocycles. The average Bonchev–Trinajstić information content (AvgIpc) is 3.89. The van der Waals surface area contributed by atoms with Crippen LogP contribution in [0.3, 0.4) is 0 Å². The van der Waals surface area contributed by atoms with E-state index in [4.69, 9.17) is 0 Å². The van der Waals surface area contributed by atoms with Crippen molar-refractivity contribution in [1.29, 1.82) is 0 Å². The summed E-state index contributed by atoms with van der Waals surface area (Å²) in [6, 6.07) is 79.9. The van der Waals surface area contributed by atoms with Crippen molar-refractivity contribution in [3.05, 3.63) is 257 Å². The van der Waals surface area contributed by atoms with Gasteiger partial charge in [0.2, 0.25) is 0 Å². The summed E-state index contributed by atoms with van der Waals surface area (Å²) in [5, 5.41) is 2.53. The Morgan fingerprint density at radius 1 is 0.281 bits per heavy atom. The van der Waals surface area contributed by atoms with Gasteiger partial charge < -0.3 is 4.57 Å². The molecule has 0 unspecified atom stereocenters. The van der Waals surface area contributed by atoms with E-state index >= 15 is 0 Å². The quantitative estimate of drug-likeness (QED) is 0.167. The number of aromatic nitrogens is 1. The Morgan fingerprint density at radius 2 is 0.719 bits per heavy atom. The molecule has 0 saturated heterocycles. The highest BCUT2D eigenvalue weighted by atomic mass is 15.0. The smallest absolute Gasteiger partial charge is 0.0720 e. The van der Waals surface area contributed by atoms with E-state index in [1.165, 1.54) is 105 Å². The van der Waals surface area contributed by atoms with Crippen molar-refractivity contribution in [3.63, 3.8) is 0 Å². The summed E-state index contributed by atoms with van der Waals surface area (Å²) in [5.74, 6) is 0. The lowest BCUT2D eigenvalue weighted by Crippen LogP contribution is -2.43. The standard InChI is InChI=1S/C56H35N/c1-2-18-36(19-3-1)37-20-7-16-32-51(37)57-52-33-17-8-23-40(52)41-34-35-50-53(54(41)57)42-24-6-11-27-45(42)56(50)48-30-14-12-28-46(48)55(47-29-13-15-31-49(47)56)43-25-9-4-21-38(43)39-22-5-10-26-44(39)55/h1-35H. The highest BCUT2D eigenvalue weighted by Crippen LogP contribution is 2.68. The van der Waals surface area contributed by atoms with Crippen LogP contribution in [0.2, 0.25) is 0 Å². The van der Waals surface area contributed by atoms with Crippen LogP contribution in [0, 0.1) is 0 Å². The highest BCUT2D eigenvalue weighted by molar-refractivity contribution is 6.16. The zero-order chi connectivity index (χ0) is 37.3. The number of fused-ring (bicyclic) bond motifs is 20. The number of hydrogen-bond acceptors (Lipinski definition) is 0. The van der Waals surface area contributed by atoms with Gasteiger partial charge in [-0.2, -0.15) is 0 Å². The van der Waals surface area contributed by atoms with Crippen LogP contribution in [0.5, 0.6) is 0 Å². The number of nitrogens with zero attached hydrogens (tertiary/aromatic N) is 1. The van der Waals surface area contributed by atoms with Crippen LogP contribution in [0.15, 0.2) is 212 Å². The fraction of sp³-hybridized carbons (Fsp3) is 0.0357. The van der Waals surface area contributed by atoms with Gasteiger partial charge in [0.05, 0.1) is 27.6 Å². The Balaban J connectivity index is 1.21. The molecule has 0 bridgehead atoms. The molecular formula is C56H35N. The Labute approximate surface area is 331 Å². The lowest BCUT2D eigenvalue weighted by atomic mass is 9.52. The third kappa shape index (κ3) is 3.66. The summed E-state index contributed by atoms with van der Waals surface area (Å²) in [6.07, 6.45) is 0. The average molecular weight is 722 g/mol. The van der Waals surface area contributed by atoms with E-state index in [2.05, 4.69) is 217 Å². The van der Waals surface area contributed by atoms with Crippen molar-refractivity contribution in [3.8, 4) is 39.1 Å². The normalized spacial score (nSPS) is 14.6. The molecule has 0 aliphatic heterocycles. The van der Waals surface area contributed by atoms with Gasteiger partial charge in [-0.3, -0.25) is 0 Å². The van der Waals surface area contributed by atoms with Crippen LogP contribution in [0.4, 0.5) is 0 Å². The zero-order valence-electron chi connectivity index (χ0n) is 31.2. The van der Waals surface area contributed by atoms with E-state index in [9.17, 15) is 0 Å². The van der Waals surface area contributed by atoms with Gasteiger partial charge in [-0.1, -0.05) is 200 Å². The second-order valence-electron chi connectivity index (χ2n) is 15.8. The van der Waals surface area contributed by atoms with Gasteiger partial charge >= 0.3 is 0 Å². The van der Waals surface area contributed by atoms with E-state index in [1.807, 2.05) is 0 Å². The van der Waals surface area contributed by atoms with Gasteiger partial charge in [0.1, 0.15) is 0 Å². The molecule has 2 spiro atoms. The predicted octanol–water partition coefficient (Wildman–Crippen LogP) is 13.5. The fourth-order valence-corrected chi connectivity index (χ4v) is 11.6. The third-order valence-electron chi connectivity index (χ3n) is 13.5. The van der Waals surface area contributed by atoms with Crippen molar-refractivity contribution in [2.45, 2.75) is 10.8 Å². The van der Waals surface area contributed by atoms with Crippen molar-refractivity contribution >= 4 is 21.8 Å². The van der Waals surface area contributed by atoms with Gasteiger partial charge in [-0.25, -0.2) is 0 Å². The minimum atomic E-state index is -0.550. The van der Waals surface area contributed by atoms with E-state index in [-0.39, 0.29) is 0 Å². The molecular weight excluding hydrogens is 687 g/mol. The molecule has 0 radical (unpaired) electrons. The van der Waals surface area contributed by atoms with Gasteiger partial charge in [0.25, 0.3) is 0 Å². The summed E-state index contributed by atoms with van der Waals surface area (Å²) in [6.45, 7) is 0. The molecule has 13 rings (SSSR count). The first kappa shape index (κ1) is 31.0. The summed E-state index contributed by atoms with van der Waals surface area (Å²) in [4.78, 5) is 0. The lowest BCUT2D eigenvalue weighted by molar-refractivity contribution is 0.633. The first-order valence-electron chi connectivity index (χ1n) is 20.0. The fourth-order valence-electron chi connectivity index (χ4n) is 11.6.